The summed E-state index contributed by atoms with van der Waals surface area (Å²) in [6, 6.07) is 22.1. The summed E-state index contributed by atoms with van der Waals surface area (Å²) in [5.74, 6) is -1.77. The van der Waals surface area contributed by atoms with Crippen LogP contribution in [-0.2, 0) is 34.4 Å². The van der Waals surface area contributed by atoms with Crippen molar-refractivity contribution in [2.24, 2.45) is 0 Å². The molecule has 4 rings (SSSR count). The number of rotatable bonds is 18. The van der Waals surface area contributed by atoms with Gasteiger partial charge in [0.2, 0.25) is 0 Å². The second kappa shape index (κ2) is 17.3. The molecule has 0 saturated heterocycles. The molecule has 0 atom stereocenters. The maximum atomic E-state index is 12.8. The Morgan fingerprint density at radius 2 is 1.26 bits per heavy atom. The molecule has 0 aliphatic rings. The van der Waals surface area contributed by atoms with Crippen molar-refractivity contribution in [3.63, 3.8) is 0 Å². The predicted molar refractivity (Wildman–Crippen MR) is 166 cm³/mol. The molecular formula is C33H32N2O12. The third-order valence-electron chi connectivity index (χ3n) is 6.67. The molecule has 14 heteroatoms. The maximum absolute atomic E-state index is 12.8. The summed E-state index contributed by atoms with van der Waals surface area (Å²) in [4.78, 5) is 49.3. The van der Waals surface area contributed by atoms with Gasteiger partial charge in [0.1, 0.15) is 31.3 Å². The van der Waals surface area contributed by atoms with Crippen LogP contribution in [0.15, 0.2) is 84.9 Å². The van der Waals surface area contributed by atoms with Gasteiger partial charge in [0, 0.05) is 12.1 Å². The number of hydrogen-bond donors (Lipinski definition) is 6. The summed E-state index contributed by atoms with van der Waals surface area (Å²) in [7, 11) is 0. The van der Waals surface area contributed by atoms with Crippen molar-refractivity contribution in [3.8, 4) is 11.5 Å². The zero-order chi connectivity index (χ0) is 33.6. The highest BCUT2D eigenvalue weighted by molar-refractivity contribution is 6.10. The van der Waals surface area contributed by atoms with E-state index in [2.05, 4.69) is 20.6 Å². The fourth-order valence-electron chi connectivity index (χ4n) is 4.32. The van der Waals surface area contributed by atoms with Gasteiger partial charge in [0.05, 0.1) is 35.6 Å². The zero-order valence-corrected chi connectivity index (χ0v) is 24.9. The average molecular weight is 649 g/mol. The minimum atomic E-state index is -1.26. The van der Waals surface area contributed by atoms with Gasteiger partial charge in [-0.2, -0.15) is 0 Å². The quantitative estimate of drug-likeness (QED) is 0.0436. The lowest BCUT2D eigenvalue weighted by molar-refractivity contribution is -0.253. The number of carboxylic acid groups (broad SMARTS) is 2. The largest absolute Gasteiger partial charge is 0.493 e. The summed E-state index contributed by atoms with van der Waals surface area (Å²) in [6.45, 7) is 0.477. The fourth-order valence-corrected chi connectivity index (χ4v) is 4.32. The standard InChI is InChI=1S/C33H32N2O12/c36-31(30-16-21(18-46-41)2-13-29(30)33(39)40)34-25-5-9-27(10-6-25)43-14-1-15-44-28-11-7-26(8-12-28)35-45-19-24-17-22(32(37)38)3-4-23(24)20-47-42/h2-13,16-17,35,41-42H,1,14-15,18-20H2,(H,34,36)(H,37,38)(H,39,40). The van der Waals surface area contributed by atoms with E-state index in [4.69, 9.17) is 24.8 Å². The average Bonchev–Trinajstić information content (AvgIpc) is 3.06. The van der Waals surface area contributed by atoms with Crippen molar-refractivity contribution in [2.75, 3.05) is 24.0 Å². The molecule has 0 saturated carbocycles. The molecule has 0 spiro atoms. The first-order chi connectivity index (χ1) is 22.8. The molecule has 246 valence electrons. The summed E-state index contributed by atoms with van der Waals surface area (Å²) < 4.78 is 11.5. The lowest BCUT2D eigenvalue weighted by atomic mass is 10.0. The van der Waals surface area contributed by atoms with Gasteiger partial charge in [0.15, 0.2) is 0 Å². The van der Waals surface area contributed by atoms with E-state index in [1.807, 2.05) is 0 Å². The van der Waals surface area contributed by atoms with E-state index in [-0.39, 0.29) is 36.5 Å². The van der Waals surface area contributed by atoms with E-state index in [0.29, 0.717) is 59.2 Å². The van der Waals surface area contributed by atoms with Crippen molar-refractivity contribution in [1.82, 2.24) is 0 Å². The van der Waals surface area contributed by atoms with Crippen LogP contribution in [-0.4, -0.2) is 51.8 Å². The van der Waals surface area contributed by atoms with Gasteiger partial charge in [-0.25, -0.2) is 19.4 Å². The predicted octanol–water partition coefficient (Wildman–Crippen LogP) is 5.71. The Morgan fingerprint density at radius 3 is 1.85 bits per heavy atom. The van der Waals surface area contributed by atoms with Crippen molar-refractivity contribution < 1.29 is 59.2 Å². The highest BCUT2D eigenvalue weighted by atomic mass is 17.1. The number of carbonyl (C=O) groups excluding carboxylic acids is 1. The maximum Gasteiger partial charge on any atom is 0.336 e. The Morgan fingerprint density at radius 1 is 0.617 bits per heavy atom. The molecule has 1 amide bonds. The highest BCUT2D eigenvalue weighted by Gasteiger charge is 2.18. The molecule has 0 fully saturated rings. The van der Waals surface area contributed by atoms with E-state index < -0.39 is 17.8 Å². The van der Waals surface area contributed by atoms with Crippen molar-refractivity contribution >= 4 is 29.2 Å². The van der Waals surface area contributed by atoms with Gasteiger partial charge in [-0.15, -0.1) is 0 Å². The van der Waals surface area contributed by atoms with E-state index in [1.54, 1.807) is 54.6 Å². The molecule has 0 radical (unpaired) electrons. The normalized spacial score (nSPS) is 10.7. The van der Waals surface area contributed by atoms with Crippen LogP contribution < -0.4 is 20.3 Å². The lowest BCUT2D eigenvalue weighted by Crippen LogP contribution is -2.17. The third kappa shape index (κ3) is 10.3. The number of aromatic carboxylic acids is 2. The molecule has 4 aromatic carbocycles. The zero-order valence-electron chi connectivity index (χ0n) is 24.9. The molecule has 6 N–H and O–H groups in total. The number of anilines is 2. The van der Waals surface area contributed by atoms with Gasteiger partial charge in [-0.1, -0.05) is 12.1 Å². The molecule has 0 unspecified atom stereocenters. The Kier molecular flexibility index (Phi) is 12.6. The highest BCUT2D eigenvalue weighted by Crippen LogP contribution is 2.21. The smallest absolute Gasteiger partial charge is 0.336 e. The van der Waals surface area contributed by atoms with E-state index in [1.165, 1.54) is 30.3 Å². The van der Waals surface area contributed by atoms with Crippen LogP contribution in [0.3, 0.4) is 0 Å². The van der Waals surface area contributed by atoms with Gasteiger partial charge >= 0.3 is 11.9 Å². The molecule has 4 aromatic rings. The molecular weight excluding hydrogens is 616 g/mol. The molecule has 0 aliphatic carbocycles. The first-order valence-corrected chi connectivity index (χ1v) is 14.2. The third-order valence-corrected chi connectivity index (χ3v) is 6.67. The van der Waals surface area contributed by atoms with Gasteiger partial charge in [-0.05, 0) is 89.5 Å². The van der Waals surface area contributed by atoms with E-state index in [0.717, 1.165) is 0 Å². The van der Waals surface area contributed by atoms with E-state index in [9.17, 15) is 24.6 Å². The van der Waals surface area contributed by atoms with Crippen LogP contribution in [0.5, 0.6) is 11.5 Å². The van der Waals surface area contributed by atoms with Gasteiger partial charge in [-0.3, -0.25) is 25.6 Å². The number of amides is 1. The van der Waals surface area contributed by atoms with Crippen LogP contribution in [0.4, 0.5) is 11.4 Å². The summed E-state index contributed by atoms with van der Waals surface area (Å²) in [6.07, 6.45) is 0.586. The lowest BCUT2D eigenvalue weighted by Gasteiger charge is -2.12. The molecule has 47 heavy (non-hydrogen) atoms. The number of carboxylic acids is 2. The minimum absolute atomic E-state index is 0.0276. The molecule has 0 aliphatic heterocycles. The van der Waals surface area contributed by atoms with Crippen LogP contribution >= 0.6 is 0 Å². The number of nitrogens with one attached hydrogen (secondary N) is 2. The van der Waals surface area contributed by atoms with Crippen LogP contribution in [0, 0.1) is 0 Å². The SMILES string of the molecule is O=C(O)c1ccc(COO)c(CONc2ccc(OCCCOc3ccc(NC(=O)c4cc(COO)ccc4C(=O)O)cc3)cc2)c1. The molecule has 0 heterocycles. The molecule has 0 bridgehead atoms. The van der Waals surface area contributed by atoms with Crippen LogP contribution in [0.2, 0.25) is 0 Å². The van der Waals surface area contributed by atoms with Crippen LogP contribution in [0.1, 0.15) is 54.2 Å². The van der Waals surface area contributed by atoms with Crippen molar-refractivity contribution in [3.05, 3.63) is 118 Å². The van der Waals surface area contributed by atoms with Crippen LogP contribution in [0.25, 0.3) is 0 Å². The minimum Gasteiger partial charge on any atom is -0.493 e. The topological polar surface area (TPSA) is 202 Å². The second-order valence-corrected chi connectivity index (χ2v) is 9.96. The van der Waals surface area contributed by atoms with Crippen molar-refractivity contribution in [2.45, 2.75) is 26.2 Å². The first-order valence-electron chi connectivity index (χ1n) is 14.2. The Labute approximate surface area is 268 Å². The summed E-state index contributed by atoms with van der Waals surface area (Å²) >= 11 is 0. The summed E-state index contributed by atoms with van der Waals surface area (Å²) in [5, 5.41) is 38.7. The Balaban J connectivity index is 1.17. The number of hydrogen-bond acceptors (Lipinski definition) is 11. The number of ether oxygens (including phenoxy) is 2. The van der Waals surface area contributed by atoms with Crippen molar-refractivity contribution in [1.29, 1.82) is 0 Å². The van der Waals surface area contributed by atoms with Gasteiger partial charge in [0.25, 0.3) is 5.91 Å². The second-order valence-electron chi connectivity index (χ2n) is 9.96. The molecule has 14 nitrogen and oxygen atoms in total. The Hall–Kier alpha value is -5.51. The van der Waals surface area contributed by atoms with E-state index >= 15 is 0 Å². The van der Waals surface area contributed by atoms with Gasteiger partial charge < -0.3 is 25.0 Å². The number of benzene rings is 4. The first kappa shape index (κ1) is 34.4. The number of carbonyl (C=O) groups is 3. The summed E-state index contributed by atoms with van der Waals surface area (Å²) in [5.41, 5.74) is 5.24. The monoisotopic (exact) mass is 648 g/mol. The fraction of sp³-hybridized carbons (Fsp3) is 0.182. The Bertz CT molecular complexity index is 1660. The molecule has 0 aromatic heterocycles.